The molecule has 0 fully saturated rings. The summed E-state index contributed by atoms with van der Waals surface area (Å²) in [5, 5.41) is 2.87. The van der Waals surface area contributed by atoms with Crippen LogP contribution in [0.2, 0.25) is 0 Å². The minimum Gasteiger partial charge on any atom is -0.352 e. The van der Waals surface area contributed by atoms with Gasteiger partial charge in [0.2, 0.25) is 0 Å². The normalized spacial score (nSPS) is 19.2. The Balaban J connectivity index is 2.15. The molecular formula is C13H19NOS. The molecule has 3 heteroatoms. The largest absolute Gasteiger partial charge is 0.352 e. The molecule has 1 N–H and O–H groups in total. The average Bonchev–Trinajstić information content (AvgIpc) is 2.71. The zero-order valence-corrected chi connectivity index (χ0v) is 10.8. The van der Waals surface area contributed by atoms with Gasteiger partial charge in [0.25, 0.3) is 5.91 Å². The van der Waals surface area contributed by atoms with E-state index in [1.807, 2.05) is 6.92 Å². The SMILES string of the molecule is CCNC(=O)c1cc2c(s1)CCC(CC)C2. The number of hydrogen-bond acceptors (Lipinski definition) is 2. The zero-order chi connectivity index (χ0) is 11.5. The van der Waals surface area contributed by atoms with Crippen molar-refractivity contribution in [2.45, 2.75) is 39.5 Å². The van der Waals surface area contributed by atoms with Crippen LogP contribution in [0.25, 0.3) is 0 Å². The molecule has 88 valence electrons. The molecule has 1 unspecified atom stereocenters. The lowest BCUT2D eigenvalue weighted by molar-refractivity contribution is 0.0960. The number of carbonyl (C=O) groups excluding carboxylic acids is 1. The third-order valence-electron chi connectivity index (χ3n) is 3.32. The summed E-state index contributed by atoms with van der Waals surface area (Å²) in [6, 6.07) is 2.10. The topological polar surface area (TPSA) is 29.1 Å². The van der Waals surface area contributed by atoms with E-state index in [9.17, 15) is 4.79 Å². The lowest BCUT2D eigenvalue weighted by atomic mass is 9.87. The number of nitrogens with one attached hydrogen (secondary N) is 1. The Bertz CT molecular complexity index is 383. The molecule has 0 saturated carbocycles. The maximum Gasteiger partial charge on any atom is 0.261 e. The lowest BCUT2D eigenvalue weighted by Crippen LogP contribution is -2.21. The molecular weight excluding hydrogens is 218 g/mol. The van der Waals surface area contributed by atoms with Crippen LogP contribution in [0.4, 0.5) is 0 Å². The van der Waals surface area contributed by atoms with Gasteiger partial charge in [-0.3, -0.25) is 4.79 Å². The van der Waals surface area contributed by atoms with Gasteiger partial charge in [-0.2, -0.15) is 0 Å². The van der Waals surface area contributed by atoms with E-state index >= 15 is 0 Å². The van der Waals surface area contributed by atoms with Crippen LogP contribution in [-0.4, -0.2) is 12.5 Å². The summed E-state index contributed by atoms with van der Waals surface area (Å²) in [6.45, 7) is 4.92. The number of fused-ring (bicyclic) bond motifs is 1. The van der Waals surface area contributed by atoms with Crippen LogP contribution in [-0.2, 0) is 12.8 Å². The van der Waals surface area contributed by atoms with Crippen LogP contribution >= 0.6 is 11.3 Å². The fourth-order valence-electron chi connectivity index (χ4n) is 2.31. The third-order valence-corrected chi connectivity index (χ3v) is 4.56. The molecule has 0 saturated heterocycles. The van der Waals surface area contributed by atoms with Gasteiger partial charge >= 0.3 is 0 Å². The average molecular weight is 237 g/mol. The first-order chi connectivity index (χ1) is 7.74. The Morgan fingerprint density at radius 1 is 1.56 bits per heavy atom. The smallest absolute Gasteiger partial charge is 0.261 e. The molecule has 2 nitrogen and oxygen atoms in total. The molecule has 2 rings (SSSR count). The molecule has 1 aliphatic rings. The number of carbonyl (C=O) groups is 1. The van der Waals surface area contributed by atoms with Crippen molar-refractivity contribution in [1.29, 1.82) is 0 Å². The molecule has 0 spiro atoms. The van der Waals surface area contributed by atoms with E-state index in [2.05, 4.69) is 18.3 Å². The standard InChI is InChI=1S/C13H19NOS/c1-3-9-5-6-11-10(7-9)8-12(16-11)13(15)14-4-2/h8-9H,3-7H2,1-2H3,(H,14,15). The summed E-state index contributed by atoms with van der Waals surface area (Å²) in [4.78, 5) is 14.0. The minimum absolute atomic E-state index is 0.0925. The monoisotopic (exact) mass is 237 g/mol. The fourth-order valence-corrected chi connectivity index (χ4v) is 3.43. The van der Waals surface area contributed by atoms with Gasteiger partial charge in [0, 0.05) is 11.4 Å². The van der Waals surface area contributed by atoms with Gasteiger partial charge < -0.3 is 5.32 Å². The maximum atomic E-state index is 11.7. The molecule has 16 heavy (non-hydrogen) atoms. The van der Waals surface area contributed by atoms with Crippen LogP contribution in [0.3, 0.4) is 0 Å². The van der Waals surface area contributed by atoms with E-state index in [1.54, 1.807) is 11.3 Å². The Labute approximate surface area is 101 Å². The summed E-state index contributed by atoms with van der Waals surface area (Å²) in [7, 11) is 0. The highest BCUT2D eigenvalue weighted by atomic mass is 32.1. The zero-order valence-electron chi connectivity index (χ0n) is 10.0. The van der Waals surface area contributed by atoms with Gasteiger partial charge in [-0.1, -0.05) is 13.3 Å². The summed E-state index contributed by atoms with van der Waals surface area (Å²) < 4.78 is 0. The van der Waals surface area contributed by atoms with Gasteiger partial charge in [0.15, 0.2) is 0 Å². The van der Waals surface area contributed by atoms with Gasteiger partial charge in [0.05, 0.1) is 4.88 Å². The Morgan fingerprint density at radius 2 is 2.38 bits per heavy atom. The maximum absolute atomic E-state index is 11.7. The summed E-state index contributed by atoms with van der Waals surface area (Å²) in [5.41, 5.74) is 1.42. The van der Waals surface area contributed by atoms with E-state index < -0.39 is 0 Å². The number of thiophene rings is 1. The van der Waals surface area contributed by atoms with Crippen LogP contribution in [0, 0.1) is 5.92 Å². The highest BCUT2D eigenvalue weighted by Gasteiger charge is 2.21. The van der Waals surface area contributed by atoms with Crippen LogP contribution in [0.1, 0.15) is 46.8 Å². The van der Waals surface area contributed by atoms with Crippen molar-refractivity contribution in [3.05, 3.63) is 21.4 Å². The van der Waals surface area contributed by atoms with Crippen molar-refractivity contribution >= 4 is 17.2 Å². The van der Waals surface area contributed by atoms with Crippen molar-refractivity contribution in [3.8, 4) is 0 Å². The Morgan fingerprint density at radius 3 is 3.06 bits per heavy atom. The van der Waals surface area contributed by atoms with Gasteiger partial charge in [-0.05, 0) is 43.7 Å². The quantitative estimate of drug-likeness (QED) is 0.860. The molecule has 0 radical (unpaired) electrons. The van der Waals surface area contributed by atoms with Crippen LogP contribution in [0.5, 0.6) is 0 Å². The lowest BCUT2D eigenvalue weighted by Gasteiger charge is -2.19. The van der Waals surface area contributed by atoms with E-state index in [4.69, 9.17) is 0 Å². The molecule has 0 bridgehead atoms. The first kappa shape index (κ1) is 11.6. The van der Waals surface area contributed by atoms with Gasteiger partial charge in [0.1, 0.15) is 0 Å². The highest BCUT2D eigenvalue weighted by Crippen LogP contribution is 2.33. The minimum atomic E-state index is 0.0925. The molecule has 1 heterocycles. The molecule has 1 atom stereocenters. The molecule has 1 aromatic rings. The van der Waals surface area contributed by atoms with Crippen molar-refractivity contribution in [3.63, 3.8) is 0 Å². The van der Waals surface area contributed by atoms with Crippen LogP contribution in [0.15, 0.2) is 6.07 Å². The Kier molecular flexibility index (Phi) is 3.64. The van der Waals surface area contributed by atoms with E-state index in [0.29, 0.717) is 6.54 Å². The van der Waals surface area contributed by atoms with Crippen molar-refractivity contribution in [1.82, 2.24) is 5.32 Å². The first-order valence-electron chi connectivity index (χ1n) is 6.14. The number of aryl methyl sites for hydroxylation is 1. The Hall–Kier alpha value is -0.830. The highest BCUT2D eigenvalue weighted by molar-refractivity contribution is 7.14. The van der Waals surface area contributed by atoms with E-state index in [0.717, 1.165) is 17.2 Å². The van der Waals surface area contributed by atoms with Gasteiger partial charge in [-0.25, -0.2) is 0 Å². The number of hydrogen-bond donors (Lipinski definition) is 1. The van der Waals surface area contributed by atoms with E-state index in [-0.39, 0.29) is 5.91 Å². The molecule has 0 aromatic carbocycles. The number of rotatable bonds is 3. The second kappa shape index (κ2) is 5.00. The second-order valence-corrected chi connectivity index (χ2v) is 5.57. The second-order valence-electron chi connectivity index (χ2n) is 4.44. The summed E-state index contributed by atoms with van der Waals surface area (Å²) >= 11 is 1.68. The molecule has 1 amide bonds. The predicted octanol–water partition coefficient (Wildman–Crippen LogP) is 3.01. The van der Waals surface area contributed by atoms with E-state index in [1.165, 1.54) is 29.7 Å². The molecule has 0 aliphatic heterocycles. The van der Waals surface area contributed by atoms with Crippen LogP contribution < -0.4 is 5.32 Å². The number of amides is 1. The first-order valence-corrected chi connectivity index (χ1v) is 6.96. The fraction of sp³-hybridized carbons (Fsp3) is 0.615. The van der Waals surface area contributed by atoms with Crippen molar-refractivity contribution in [2.75, 3.05) is 6.54 Å². The third kappa shape index (κ3) is 2.29. The summed E-state index contributed by atoms with van der Waals surface area (Å²) in [6.07, 6.45) is 4.88. The van der Waals surface area contributed by atoms with Gasteiger partial charge in [-0.15, -0.1) is 11.3 Å². The van der Waals surface area contributed by atoms with Crippen molar-refractivity contribution in [2.24, 2.45) is 5.92 Å². The molecule has 1 aromatic heterocycles. The predicted molar refractivity (Wildman–Crippen MR) is 68.1 cm³/mol. The van der Waals surface area contributed by atoms with Crippen molar-refractivity contribution < 1.29 is 4.79 Å². The molecule has 1 aliphatic carbocycles. The summed E-state index contributed by atoms with van der Waals surface area (Å²) in [5.74, 6) is 0.916.